The van der Waals surface area contributed by atoms with Crippen molar-refractivity contribution in [3.05, 3.63) is 102 Å². The molecule has 4 nitrogen and oxygen atoms in total. The number of carbonyl (C=O) groups excluding carboxylic acids is 2. The Morgan fingerprint density at radius 1 is 0.875 bits per heavy atom. The molecule has 3 aromatic carbocycles. The summed E-state index contributed by atoms with van der Waals surface area (Å²) in [5, 5.41) is 2.76. The minimum absolute atomic E-state index is 0.0152. The van der Waals surface area contributed by atoms with Gasteiger partial charge in [-0.05, 0) is 30.2 Å². The topological polar surface area (TPSA) is 49.4 Å². The molecule has 32 heavy (non-hydrogen) atoms. The summed E-state index contributed by atoms with van der Waals surface area (Å²) in [6.07, 6.45) is 0.845. The second-order valence-corrected chi connectivity index (χ2v) is 8.91. The molecule has 1 N–H and O–H groups in total. The SMILES string of the molecule is CNC(=O)C(Cc1ccccc1)N(Cc1ccc(C)cc1)C(=O)CCSc1ccccc1. The molecule has 3 aromatic rings. The van der Waals surface area contributed by atoms with Crippen LogP contribution >= 0.6 is 11.8 Å². The maximum atomic E-state index is 13.4. The van der Waals surface area contributed by atoms with Crippen molar-refractivity contribution in [2.45, 2.75) is 37.2 Å². The molecule has 1 unspecified atom stereocenters. The summed E-state index contributed by atoms with van der Waals surface area (Å²) in [6.45, 7) is 2.44. The number of benzene rings is 3. The van der Waals surface area contributed by atoms with Gasteiger partial charge in [0.05, 0.1) is 0 Å². The molecular formula is C27H30N2O2S. The Balaban J connectivity index is 1.80. The molecule has 3 rings (SSSR count). The molecule has 0 aliphatic heterocycles. The highest BCUT2D eigenvalue weighted by Gasteiger charge is 2.29. The molecule has 0 spiro atoms. The average molecular weight is 447 g/mol. The molecule has 1 atom stereocenters. The summed E-state index contributed by atoms with van der Waals surface area (Å²) in [7, 11) is 1.63. The molecule has 5 heteroatoms. The molecule has 0 saturated carbocycles. The van der Waals surface area contributed by atoms with E-state index in [1.807, 2.05) is 91.9 Å². The van der Waals surface area contributed by atoms with Crippen LogP contribution in [0.4, 0.5) is 0 Å². The van der Waals surface area contributed by atoms with Crippen molar-refractivity contribution in [1.82, 2.24) is 10.2 Å². The second kappa shape index (κ2) is 12.1. The van der Waals surface area contributed by atoms with Gasteiger partial charge in [0.2, 0.25) is 11.8 Å². The molecule has 0 bridgehead atoms. The molecule has 0 aliphatic carbocycles. The number of likely N-dealkylation sites (N-methyl/N-ethyl adjacent to an activating group) is 1. The van der Waals surface area contributed by atoms with E-state index in [0.717, 1.165) is 21.6 Å². The Labute approximate surface area is 195 Å². The van der Waals surface area contributed by atoms with Gasteiger partial charge in [0.1, 0.15) is 6.04 Å². The van der Waals surface area contributed by atoms with Crippen LogP contribution in [0.1, 0.15) is 23.1 Å². The van der Waals surface area contributed by atoms with Crippen LogP contribution in [-0.2, 0) is 22.6 Å². The highest BCUT2D eigenvalue weighted by molar-refractivity contribution is 7.99. The number of aryl methyl sites for hydroxylation is 1. The third-order valence-corrected chi connectivity index (χ3v) is 6.33. The molecule has 0 saturated heterocycles. The Morgan fingerprint density at radius 3 is 2.12 bits per heavy atom. The zero-order valence-electron chi connectivity index (χ0n) is 18.7. The van der Waals surface area contributed by atoms with Crippen LogP contribution in [0.3, 0.4) is 0 Å². The van der Waals surface area contributed by atoms with Crippen molar-refractivity contribution in [3.63, 3.8) is 0 Å². The fourth-order valence-electron chi connectivity index (χ4n) is 3.53. The van der Waals surface area contributed by atoms with E-state index in [0.29, 0.717) is 25.1 Å². The minimum Gasteiger partial charge on any atom is -0.357 e. The molecule has 0 aromatic heterocycles. The lowest BCUT2D eigenvalue weighted by Gasteiger charge is -2.31. The van der Waals surface area contributed by atoms with Gasteiger partial charge in [-0.15, -0.1) is 11.8 Å². The van der Waals surface area contributed by atoms with E-state index in [1.165, 1.54) is 0 Å². The summed E-state index contributed by atoms with van der Waals surface area (Å²) in [4.78, 5) is 29.2. The summed E-state index contributed by atoms with van der Waals surface area (Å²) >= 11 is 1.66. The lowest BCUT2D eigenvalue weighted by molar-refractivity contribution is -0.140. The first kappa shape index (κ1) is 23.6. The van der Waals surface area contributed by atoms with Crippen molar-refractivity contribution < 1.29 is 9.59 Å². The van der Waals surface area contributed by atoms with E-state index in [4.69, 9.17) is 0 Å². The summed E-state index contributed by atoms with van der Waals surface area (Å²) in [5.41, 5.74) is 3.21. The van der Waals surface area contributed by atoms with Crippen LogP contribution in [0.25, 0.3) is 0 Å². The van der Waals surface area contributed by atoms with E-state index < -0.39 is 6.04 Å². The largest absolute Gasteiger partial charge is 0.357 e. The Hall–Kier alpha value is -3.05. The summed E-state index contributed by atoms with van der Waals surface area (Å²) < 4.78 is 0. The minimum atomic E-state index is -0.571. The van der Waals surface area contributed by atoms with Gasteiger partial charge in [0.15, 0.2) is 0 Å². The van der Waals surface area contributed by atoms with Gasteiger partial charge in [0, 0.05) is 37.1 Å². The normalized spacial score (nSPS) is 11.6. The average Bonchev–Trinajstić information content (AvgIpc) is 2.83. The van der Waals surface area contributed by atoms with Gasteiger partial charge in [-0.3, -0.25) is 9.59 Å². The maximum absolute atomic E-state index is 13.4. The molecule has 166 valence electrons. The van der Waals surface area contributed by atoms with E-state index >= 15 is 0 Å². The Kier molecular flexibility index (Phi) is 8.93. The number of hydrogen-bond donors (Lipinski definition) is 1. The van der Waals surface area contributed by atoms with Crippen molar-refractivity contribution in [2.75, 3.05) is 12.8 Å². The number of carbonyl (C=O) groups is 2. The third-order valence-electron chi connectivity index (χ3n) is 5.32. The van der Waals surface area contributed by atoms with Gasteiger partial charge >= 0.3 is 0 Å². The standard InChI is InChI=1S/C27H30N2O2S/c1-21-13-15-23(16-14-21)20-29(26(30)17-18-32-24-11-7-4-8-12-24)25(27(31)28-2)19-22-9-5-3-6-10-22/h3-16,25H,17-20H2,1-2H3,(H,28,31). The van der Waals surface area contributed by atoms with E-state index in [-0.39, 0.29) is 11.8 Å². The Morgan fingerprint density at radius 2 is 1.50 bits per heavy atom. The molecule has 0 fully saturated rings. The first-order chi connectivity index (χ1) is 15.6. The zero-order chi connectivity index (χ0) is 22.8. The number of nitrogens with zero attached hydrogens (tertiary/aromatic N) is 1. The summed E-state index contributed by atoms with van der Waals surface area (Å²) in [5.74, 6) is 0.502. The Bertz CT molecular complexity index is 991. The van der Waals surface area contributed by atoms with Gasteiger partial charge in [-0.25, -0.2) is 0 Å². The van der Waals surface area contributed by atoms with Crippen molar-refractivity contribution in [1.29, 1.82) is 0 Å². The highest BCUT2D eigenvalue weighted by Crippen LogP contribution is 2.21. The highest BCUT2D eigenvalue weighted by atomic mass is 32.2. The molecular weight excluding hydrogens is 416 g/mol. The van der Waals surface area contributed by atoms with Crippen molar-refractivity contribution in [3.8, 4) is 0 Å². The molecule has 2 amide bonds. The molecule has 0 aliphatic rings. The monoisotopic (exact) mass is 446 g/mol. The predicted molar refractivity (Wildman–Crippen MR) is 132 cm³/mol. The smallest absolute Gasteiger partial charge is 0.242 e. The predicted octanol–water partition coefficient (Wildman–Crippen LogP) is 4.86. The van der Waals surface area contributed by atoms with Crippen LogP contribution in [0, 0.1) is 6.92 Å². The fourth-order valence-corrected chi connectivity index (χ4v) is 4.39. The van der Waals surface area contributed by atoms with E-state index in [1.54, 1.807) is 23.7 Å². The van der Waals surface area contributed by atoms with Crippen LogP contribution in [0.2, 0.25) is 0 Å². The van der Waals surface area contributed by atoms with Crippen LogP contribution < -0.4 is 5.32 Å². The van der Waals surface area contributed by atoms with Crippen LogP contribution in [0.5, 0.6) is 0 Å². The van der Waals surface area contributed by atoms with Crippen molar-refractivity contribution in [2.24, 2.45) is 0 Å². The third kappa shape index (κ3) is 6.99. The number of hydrogen-bond acceptors (Lipinski definition) is 3. The fraction of sp³-hybridized carbons (Fsp3) is 0.259. The van der Waals surface area contributed by atoms with Crippen molar-refractivity contribution >= 4 is 23.6 Å². The summed E-state index contributed by atoms with van der Waals surface area (Å²) in [6, 6.07) is 27.5. The first-order valence-electron chi connectivity index (χ1n) is 10.8. The number of thioether (sulfide) groups is 1. The molecule has 0 heterocycles. The second-order valence-electron chi connectivity index (χ2n) is 7.74. The molecule has 0 radical (unpaired) electrons. The van der Waals surface area contributed by atoms with Crippen LogP contribution in [-0.4, -0.2) is 35.6 Å². The quantitative estimate of drug-likeness (QED) is 0.452. The van der Waals surface area contributed by atoms with Gasteiger partial charge < -0.3 is 10.2 Å². The van der Waals surface area contributed by atoms with Gasteiger partial charge in [-0.2, -0.15) is 0 Å². The van der Waals surface area contributed by atoms with E-state index in [2.05, 4.69) is 5.32 Å². The number of nitrogens with one attached hydrogen (secondary N) is 1. The van der Waals surface area contributed by atoms with E-state index in [9.17, 15) is 9.59 Å². The number of amides is 2. The zero-order valence-corrected chi connectivity index (χ0v) is 19.5. The lowest BCUT2D eigenvalue weighted by Crippen LogP contribution is -2.49. The van der Waals surface area contributed by atoms with Gasteiger partial charge in [-0.1, -0.05) is 78.4 Å². The van der Waals surface area contributed by atoms with Gasteiger partial charge in [0.25, 0.3) is 0 Å². The maximum Gasteiger partial charge on any atom is 0.242 e. The lowest BCUT2D eigenvalue weighted by atomic mass is 10.0. The number of rotatable bonds is 10. The van der Waals surface area contributed by atoms with Crippen LogP contribution in [0.15, 0.2) is 89.8 Å². The first-order valence-corrected chi connectivity index (χ1v) is 11.8.